The summed E-state index contributed by atoms with van der Waals surface area (Å²) in [5.74, 6) is 0. The zero-order chi connectivity index (χ0) is 18.4. The van der Waals surface area contributed by atoms with Crippen molar-refractivity contribution in [2.45, 2.75) is 13.1 Å². The van der Waals surface area contributed by atoms with E-state index in [9.17, 15) is 10.5 Å². The van der Waals surface area contributed by atoms with Crippen LogP contribution >= 0.6 is 0 Å². The first-order valence-electron chi connectivity index (χ1n) is 8.85. The van der Waals surface area contributed by atoms with Crippen molar-refractivity contribution in [1.82, 2.24) is 9.80 Å². The van der Waals surface area contributed by atoms with Crippen molar-refractivity contribution in [2.24, 2.45) is 0 Å². The third kappa shape index (κ3) is 4.40. The van der Waals surface area contributed by atoms with Crippen LogP contribution in [0.5, 0.6) is 0 Å². The van der Waals surface area contributed by atoms with E-state index in [0.29, 0.717) is 23.4 Å². The molecule has 0 unspecified atom stereocenters. The fourth-order valence-corrected chi connectivity index (χ4v) is 3.15. The van der Waals surface area contributed by atoms with Gasteiger partial charge in [0.15, 0.2) is 0 Å². The van der Waals surface area contributed by atoms with Crippen LogP contribution in [0, 0.1) is 22.7 Å². The first-order chi connectivity index (χ1) is 12.7. The third-order valence-corrected chi connectivity index (χ3v) is 4.80. The minimum absolute atomic E-state index is 0.496. The van der Waals surface area contributed by atoms with Crippen LogP contribution in [0.1, 0.15) is 22.3 Å². The summed E-state index contributed by atoms with van der Waals surface area (Å²) in [7, 11) is 2.17. The van der Waals surface area contributed by atoms with Crippen molar-refractivity contribution in [1.29, 1.82) is 10.5 Å². The summed E-state index contributed by atoms with van der Waals surface area (Å²) < 4.78 is 0. The van der Waals surface area contributed by atoms with E-state index in [4.69, 9.17) is 0 Å². The number of piperazine rings is 1. The average Bonchev–Trinajstić information content (AvgIpc) is 2.69. The Morgan fingerprint density at radius 2 is 1.46 bits per heavy atom. The summed E-state index contributed by atoms with van der Waals surface area (Å²) >= 11 is 0. The summed E-state index contributed by atoms with van der Waals surface area (Å²) in [6, 6.07) is 18.0. The molecule has 1 saturated heterocycles. The number of anilines is 1. The van der Waals surface area contributed by atoms with Gasteiger partial charge in [-0.1, -0.05) is 30.3 Å². The summed E-state index contributed by atoms with van der Waals surface area (Å²) in [4.78, 5) is 4.84. The molecule has 0 bridgehead atoms. The standard InChI is InChI=1S/C21H23N5/c1-25-9-11-26(12-10-25)16-18-7-5-17(6-8-18)15-24-21-19(13-22)3-2-4-20(21)14-23/h2-8,24H,9-12,15-16H2,1H3. The zero-order valence-corrected chi connectivity index (χ0v) is 15.1. The van der Waals surface area contributed by atoms with Gasteiger partial charge < -0.3 is 10.2 Å². The molecule has 0 aliphatic carbocycles. The lowest BCUT2D eigenvalue weighted by Crippen LogP contribution is -2.43. The van der Waals surface area contributed by atoms with E-state index in [1.54, 1.807) is 18.2 Å². The molecule has 0 spiro atoms. The highest BCUT2D eigenvalue weighted by Gasteiger charge is 2.13. The highest BCUT2D eigenvalue weighted by Crippen LogP contribution is 2.21. The van der Waals surface area contributed by atoms with E-state index in [0.717, 1.165) is 38.3 Å². The van der Waals surface area contributed by atoms with Crippen molar-refractivity contribution < 1.29 is 0 Å². The van der Waals surface area contributed by atoms with Crippen LogP contribution in [0.4, 0.5) is 5.69 Å². The molecular weight excluding hydrogens is 322 g/mol. The van der Waals surface area contributed by atoms with Crippen LogP contribution in [0.15, 0.2) is 42.5 Å². The topological polar surface area (TPSA) is 66.1 Å². The van der Waals surface area contributed by atoms with Gasteiger partial charge in [-0.2, -0.15) is 10.5 Å². The van der Waals surface area contributed by atoms with E-state index < -0.39 is 0 Å². The lowest BCUT2D eigenvalue weighted by atomic mass is 10.1. The maximum atomic E-state index is 9.24. The molecule has 1 fully saturated rings. The van der Waals surface area contributed by atoms with Gasteiger partial charge in [0.05, 0.1) is 16.8 Å². The minimum Gasteiger partial charge on any atom is -0.379 e. The molecule has 0 amide bonds. The Hall–Kier alpha value is -2.86. The summed E-state index contributed by atoms with van der Waals surface area (Å²) in [5, 5.41) is 21.7. The monoisotopic (exact) mass is 345 g/mol. The number of nitrogens with one attached hydrogen (secondary N) is 1. The zero-order valence-electron chi connectivity index (χ0n) is 15.1. The number of nitriles is 2. The van der Waals surface area contributed by atoms with E-state index in [2.05, 4.69) is 58.6 Å². The van der Waals surface area contributed by atoms with Gasteiger partial charge in [0.1, 0.15) is 12.1 Å². The van der Waals surface area contributed by atoms with Crippen molar-refractivity contribution >= 4 is 5.69 Å². The van der Waals surface area contributed by atoms with Gasteiger partial charge in [-0.15, -0.1) is 0 Å². The van der Waals surface area contributed by atoms with Crippen molar-refractivity contribution in [2.75, 3.05) is 38.5 Å². The summed E-state index contributed by atoms with van der Waals surface area (Å²) in [6.07, 6.45) is 0. The molecule has 2 aromatic rings. The number of likely N-dealkylation sites (N-methyl/N-ethyl adjacent to an activating group) is 1. The van der Waals surface area contributed by atoms with Crippen LogP contribution in [0.2, 0.25) is 0 Å². The van der Waals surface area contributed by atoms with E-state index in [1.807, 2.05) is 0 Å². The molecule has 132 valence electrons. The maximum Gasteiger partial charge on any atom is 0.101 e. The van der Waals surface area contributed by atoms with Gasteiger partial charge in [0.25, 0.3) is 0 Å². The SMILES string of the molecule is CN1CCN(Cc2ccc(CNc3c(C#N)cccc3C#N)cc2)CC1. The summed E-state index contributed by atoms with van der Waals surface area (Å²) in [5.41, 5.74) is 4.04. The molecule has 0 aromatic heterocycles. The fourth-order valence-electron chi connectivity index (χ4n) is 3.15. The van der Waals surface area contributed by atoms with Crippen molar-refractivity contribution in [3.8, 4) is 12.1 Å². The molecule has 5 nitrogen and oxygen atoms in total. The largest absolute Gasteiger partial charge is 0.379 e. The van der Waals surface area contributed by atoms with E-state index in [-0.39, 0.29) is 0 Å². The van der Waals surface area contributed by atoms with Gasteiger partial charge >= 0.3 is 0 Å². The molecule has 3 rings (SSSR count). The first-order valence-corrected chi connectivity index (χ1v) is 8.85. The minimum atomic E-state index is 0.496. The van der Waals surface area contributed by atoms with Crippen LogP contribution in [-0.2, 0) is 13.1 Å². The molecule has 1 aliphatic rings. The predicted octanol–water partition coefficient (Wildman–Crippen LogP) is 2.79. The first kappa shape index (κ1) is 17.9. The molecule has 0 saturated carbocycles. The van der Waals surface area contributed by atoms with Crippen molar-refractivity contribution in [3.05, 3.63) is 64.7 Å². The lowest BCUT2D eigenvalue weighted by Gasteiger charge is -2.32. The number of hydrogen-bond acceptors (Lipinski definition) is 5. The normalized spacial score (nSPS) is 15.2. The van der Waals surface area contributed by atoms with Crippen LogP contribution in [0.25, 0.3) is 0 Å². The number of rotatable bonds is 5. The third-order valence-electron chi connectivity index (χ3n) is 4.80. The predicted molar refractivity (Wildman–Crippen MR) is 102 cm³/mol. The molecule has 1 heterocycles. The van der Waals surface area contributed by atoms with Gasteiger partial charge in [-0.25, -0.2) is 0 Å². The molecule has 1 aliphatic heterocycles. The second kappa shape index (κ2) is 8.49. The molecule has 26 heavy (non-hydrogen) atoms. The number of benzene rings is 2. The highest BCUT2D eigenvalue weighted by molar-refractivity contribution is 5.66. The summed E-state index contributed by atoms with van der Waals surface area (Å²) in [6.45, 7) is 6.05. The van der Waals surface area contributed by atoms with E-state index >= 15 is 0 Å². The maximum absolute atomic E-state index is 9.24. The van der Waals surface area contributed by atoms with Crippen LogP contribution in [-0.4, -0.2) is 43.0 Å². The molecule has 2 aromatic carbocycles. The second-order valence-corrected chi connectivity index (χ2v) is 6.70. The molecule has 5 heteroatoms. The Bertz CT molecular complexity index is 789. The molecular formula is C21H23N5. The smallest absolute Gasteiger partial charge is 0.101 e. The Labute approximate surface area is 155 Å². The van der Waals surface area contributed by atoms with Crippen LogP contribution < -0.4 is 5.32 Å². The average molecular weight is 345 g/mol. The fraction of sp³-hybridized carbons (Fsp3) is 0.333. The van der Waals surface area contributed by atoms with Gasteiger partial charge in [-0.05, 0) is 30.3 Å². The van der Waals surface area contributed by atoms with Gasteiger partial charge in [-0.3, -0.25) is 4.90 Å². The Morgan fingerprint density at radius 3 is 2.04 bits per heavy atom. The number of nitrogens with zero attached hydrogens (tertiary/aromatic N) is 4. The van der Waals surface area contributed by atoms with Gasteiger partial charge in [0.2, 0.25) is 0 Å². The number of hydrogen-bond donors (Lipinski definition) is 1. The second-order valence-electron chi connectivity index (χ2n) is 6.70. The Balaban J connectivity index is 1.60. The Morgan fingerprint density at radius 1 is 0.885 bits per heavy atom. The van der Waals surface area contributed by atoms with Crippen LogP contribution in [0.3, 0.4) is 0 Å². The molecule has 1 N–H and O–H groups in total. The lowest BCUT2D eigenvalue weighted by molar-refractivity contribution is 0.148. The molecule has 0 radical (unpaired) electrons. The van der Waals surface area contributed by atoms with E-state index in [1.165, 1.54) is 5.56 Å². The Kier molecular flexibility index (Phi) is 5.86. The van der Waals surface area contributed by atoms with Crippen molar-refractivity contribution in [3.63, 3.8) is 0 Å². The number of para-hydroxylation sites is 1. The highest BCUT2D eigenvalue weighted by atomic mass is 15.2. The van der Waals surface area contributed by atoms with Gasteiger partial charge in [0, 0.05) is 39.3 Å². The quantitative estimate of drug-likeness (QED) is 0.903. The molecule has 0 atom stereocenters.